The van der Waals surface area contributed by atoms with Crippen molar-refractivity contribution in [2.24, 2.45) is 5.92 Å². The maximum Gasteiger partial charge on any atom is 0.147 e. The second-order valence-electron chi connectivity index (χ2n) is 8.57. The molecule has 7 nitrogen and oxygen atoms in total. The van der Waals surface area contributed by atoms with Crippen LogP contribution in [0.1, 0.15) is 56.8 Å². The van der Waals surface area contributed by atoms with E-state index in [0.717, 1.165) is 55.0 Å². The Morgan fingerprint density at radius 2 is 1.96 bits per heavy atom. The van der Waals surface area contributed by atoms with Crippen molar-refractivity contribution in [1.29, 1.82) is 0 Å². The zero-order valence-electron chi connectivity index (χ0n) is 17.5. The largest absolute Gasteiger partial charge is 0.378 e. The highest BCUT2D eigenvalue weighted by atomic mass is 16.5. The summed E-state index contributed by atoms with van der Waals surface area (Å²) in [4.78, 5) is 16.4. The average molecular weight is 373 g/mol. The second-order valence-corrected chi connectivity index (χ2v) is 8.57. The monoisotopic (exact) mass is 372 g/mol. The standard InChI is InChI=1S/C20H32N6O/c1-14-21-15(2)26(24-14)12-16-8-7-9-25(11-16)18-10-17(13-27-6)22-19(23-18)20(3,4)5/h10,16H,7-9,11-13H2,1-6H3. The van der Waals surface area contributed by atoms with Gasteiger partial charge in [-0.3, -0.25) is 0 Å². The Kier molecular flexibility index (Phi) is 5.79. The van der Waals surface area contributed by atoms with Crippen molar-refractivity contribution >= 4 is 5.82 Å². The summed E-state index contributed by atoms with van der Waals surface area (Å²) in [7, 11) is 1.71. The fourth-order valence-electron chi connectivity index (χ4n) is 3.60. The maximum absolute atomic E-state index is 5.33. The van der Waals surface area contributed by atoms with Gasteiger partial charge in [0.1, 0.15) is 23.3 Å². The molecule has 0 spiro atoms. The molecular formula is C20H32N6O. The summed E-state index contributed by atoms with van der Waals surface area (Å²) in [6.07, 6.45) is 2.36. The van der Waals surface area contributed by atoms with Gasteiger partial charge in [0.15, 0.2) is 0 Å². The van der Waals surface area contributed by atoms with Crippen molar-refractivity contribution in [3.05, 3.63) is 29.2 Å². The topological polar surface area (TPSA) is 69.0 Å². The van der Waals surface area contributed by atoms with Crippen LogP contribution in [0.5, 0.6) is 0 Å². The smallest absolute Gasteiger partial charge is 0.147 e. The minimum absolute atomic E-state index is 0.0942. The minimum Gasteiger partial charge on any atom is -0.378 e. The zero-order valence-corrected chi connectivity index (χ0v) is 17.5. The highest BCUT2D eigenvalue weighted by Crippen LogP contribution is 2.26. The molecule has 1 fully saturated rings. The number of ether oxygens (including phenoxy) is 1. The first-order valence-electron chi connectivity index (χ1n) is 9.76. The average Bonchev–Trinajstić information content (AvgIpc) is 2.91. The fraction of sp³-hybridized carbons (Fsp3) is 0.700. The Balaban J connectivity index is 1.80. The molecule has 1 aliphatic rings. The minimum atomic E-state index is -0.0942. The van der Waals surface area contributed by atoms with Gasteiger partial charge in [0.2, 0.25) is 0 Å². The Morgan fingerprint density at radius 1 is 1.19 bits per heavy atom. The van der Waals surface area contributed by atoms with Crippen molar-refractivity contribution in [3.8, 4) is 0 Å². The van der Waals surface area contributed by atoms with Crippen LogP contribution in [-0.2, 0) is 23.3 Å². The zero-order chi connectivity index (χ0) is 19.6. The van der Waals surface area contributed by atoms with Gasteiger partial charge in [-0.25, -0.2) is 19.6 Å². The van der Waals surface area contributed by atoms with Crippen LogP contribution in [0.3, 0.4) is 0 Å². The van der Waals surface area contributed by atoms with Gasteiger partial charge >= 0.3 is 0 Å². The molecule has 0 bridgehead atoms. The molecule has 1 saturated heterocycles. The van der Waals surface area contributed by atoms with Crippen LogP contribution in [0.25, 0.3) is 0 Å². The van der Waals surface area contributed by atoms with Crippen LogP contribution < -0.4 is 4.90 Å². The Bertz CT molecular complexity index is 779. The van der Waals surface area contributed by atoms with Crippen molar-refractivity contribution in [2.45, 2.75) is 66.0 Å². The third-order valence-corrected chi connectivity index (χ3v) is 4.97. The fourth-order valence-corrected chi connectivity index (χ4v) is 3.60. The molecule has 0 aromatic carbocycles. The predicted octanol–water partition coefficient (Wildman–Crippen LogP) is 3.05. The molecule has 2 aromatic rings. The molecule has 0 radical (unpaired) electrons. The molecule has 0 aliphatic carbocycles. The number of nitrogens with zero attached hydrogens (tertiary/aromatic N) is 6. The molecule has 27 heavy (non-hydrogen) atoms. The summed E-state index contributed by atoms with van der Waals surface area (Å²) < 4.78 is 7.37. The summed E-state index contributed by atoms with van der Waals surface area (Å²) in [6, 6.07) is 2.08. The predicted molar refractivity (Wildman–Crippen MR) is 106 cm³/mol. The van der Waals surface area contributed by atoms with E-state index in [1.165, 1.54) is 6.42 Å². The maximum atomic E-state index is 5.33. The van der Waals surface area contributed by atoms with E-state index in [-0.39, 0.29) is 5.41 Å². The van der Waals surface area contributed by atoms with Crippen LogP contribution in [0, 0.1) is 19.8 Å². The van der Waals surface area contributed by atoms with Crippen LogP contribution in [-0.4, -0.2) is 44.9 Å². The number of anilines is 1. The summed E-state index contributed by atoms with van der Waals surface area (Å²) in [5.41, 5.74) is 0.848. The summed E-state index contributed by atoms with van der Waals surface area (Å²) >= 11 is 0. The molecule has 3 heterocycles. The molecular weight excluding hydrogens is 340 g/mol. The molecule has 1 aliphatic heterocycles. The molecule has 1 atom stereocenters. The van der Waals surface area contributed by atoms with E-state index in [1.807, 2.05) is 18.5 Å². The SMILES string of the molecule is COCc1cc(N2CCCC(Cn3nc(C)nc3C)C2)nc(C(C)(C)C)n1. The van der Waals surface area contributed by atoms with Crippen molar-refractivity contribution in [2.75, 3.05) is 25.1 Å². The van der Waals surface area contributed by atoms with Gasteiger partial charge in [-0.1, -0.05) is 20.8 Å². The Hall–Kier alpha value is -2.02. The van der Waals surface area contributed by atoms with E-state index in [2.05, 4.69) is 41.8 Å². The molecule has 0 N–H and O–H groups in total. The van der Waals surface area contributed by atoms with Crippen molar-refractivity contribution in [1.82, 2.24) is 24.7 Å². The van der Waals surface area contributed by atoms with Crippen LogP contribution in [0.2, 0.25) is 0 Å². The van der Waals surface area contributed by atoms with Gasteiger partial charge < -0.3 is 9.64 Å². The first-order chi connectivity index (χ1) is 12.8. The van der Waals surface area contributed by atoms with Gasteiger partial charge in [0, 0.05) is 38.2 Å². The van der Waals surface area contributed by atoms with E-state index in [4.69, 9.17) is 14.7 Å². The number of aromatic nitrogens is 5. The highest BCUT2D eigenvalue weighted by Gasteiger charge is 2.25. The molecule has 2 aromatic heterocycles. The van der Waals surface area contributed by atoms with Crippen LogP contribution >= 0.6 is 0 Å². The van der Waals surface area contributed by atoms with Crippen LogP contribution in [0.15, 0.2) is 6.07 Å². The van der Waals surface area contributed by atoms with E-state index in [9.17, 15) is 0 Å². The van der Waals surface area contributed by atoms with E-state index in [0.29, 0.717) is 12.5 Å². The number of methoxy groups -OCH3 is 1. The molecule has 7 heteroatoms. The van der Waals surface area contributed by atoms with Crippen LogP contribution in [0.4, 0.5) is 5.82 Å². The number of hydrogen-bond donors (Lipinski definition) is 0. The summed E-state index contributed by atoms with van der Waals surface area (Å²) in [6.45, 7) is 13.8. The van der Waals surface area contributed by atoms with Gasteiger partial charge in [-0.2, -0.15) is 5.10 Å². The number of rotatable bonds is 5. The molecule has 0 amide bonds. The van der Waals surface area contributed by atoms with Crippen molar-refractivity contribution in [3.63, 3.8) is 0 Å². The third-order valence-electron chi connectivity index (χ3n) is 4.97. The molecule has 148 valence electrons. The highest BCUT2D eigenvalue weighted by molar-refractivity contribution is 5.41. The Labute approximate surface area is 162 Å². The van der Waals surface area contributed by atoms with Crippen molar-refractivity contribution < 1.29 is 4.74 Å². The molecule has 0 saturated carbocycles. The normalized spacial score (nSPS) is 18.1. The van der Waals surface area contributed by atoms with E-state index < -0.39 is 0 Å². The van der Waals surface area contributed by atoms with Gasteiger partial charge in [-0.15, -0.1) is 0 Å². The number of aryl methyl sites for hydroxylation is 2. The van der Waals surface area contributed by atoms with Gasteiger partial charge in [0.05, 0.1) is 12.3 Å². The third kappa shape index (κ3) is 4.83. The number of piperidine rings is 1. The molecule has 3 rings (SSSR count). The lowest BCUT2D eigenvalue weighted by Crippen LogP contribution is -2.38. The molecule has 1 unspecified atom stereocenters. The second kappa shape index (κ2) is 7.92. The van der Waals surface area contributed by atoms with Gasteiger partial charge in [0.25, 0.3) is 0 Å². The first-order valence-corrected chi connectivity index (χ1v) is 9.76. The van der Waals surface area contributed by atoms with E-state index in [1.54, 1.807) is 7.11 Å². The lowest BCUT2D eigenvalue weighted by molar-refractivity contribution is 0.181. The Morgan fingerprint density at radius 3 is 2.59 bits per heavy atom. The lowest BCUT2D eigenvalue weighted by Gasteiger charge is -2.34. The van der Waals surface area contributed by atoms with Gasteiger partial charge in [-0.05, 0) is 32.6 Å². The number of hydrogen-bond acceptors (Lipinski definition) is 6. The first kappa shape index (κ1) is 19.7. The quantitative estimate of drug-likeness (QED) is 0.803. The van der Waals surface area contributed by atoms with E-state index >= 15 is 0 Å². The summed E-state index contributed by atoms with van der Waals surface area (Å²) in [5.74, 6) is 4.26. The lowest BCUT2D eigenvalue weighted by atomic mass is 9.95. The summed E-state index contributed by atoms with van der Waals surface area (Å²) in [5, 5.41) is 4.53.